The van der Waals surface area contributed by atoms with Crippen LogP contribution in [0.1, 0.15) is 0 Å². The molecule has 0 unspecified atom stereocenters. The molecular formula is C54H38N2. The Morgan fingerprint density at radius 3 is 1.34 bits per heavy atom. The van der Waals surface area contributed by atoms with Gasteiger partial charge in [-0.2, -0.15) is 0 Å². The van der Waals surface area contributed by atoms with Crippen LogP contribution in [0.2, 0.25) is 0 Å². The van der Waals surface area contributed by atoms with Crippen LogP contribution in [0.4, 0.5) is 17.1 Å². The molecule has 0 N–H and O–H groups in total. The van der Waals surface area contributed by atoms with E-state index in [9.17, 15) is 0 Å². The highest BCUT2D eigenvalue weighted by molar-refractivity contribution is 6.10. The Balaban J connectivity index is 1.09. The predicted octanol–water partition coefficient (Wildman–Crippen LogP) is 14.9. The molecule has 9 aromatic carbocycles. The quantitative estimate of drug-likeness (QED) is 0.152. The van der Waals surface area contributed by atoms with Crippen molar-refractivity contribution in [3.05, 3.63) is 231 Å². The molecule has 0 saturated carbocycles. The second kappa shape index (κ2) is 14.4. The molecule has 0 spiro atoms. The van der Waals surface area contributed by atoms with E-state index in [-0.39, 0.29) is 0 Å². The number of fused-ring (bicyclic) bond motifs is 3. The minimum atomic E-state index is 1.11. The number of hydrogen-bond acceptors (Lipinski definition) is 1. The Morgan fingerprint density at radius 2 is 0.696 bits per heavy atom. The molecule has 0 aliphatic rings. The van der Waals surface area contributed by atoms with E-state index < -0.39 is 0 Å². The van der Waals surface area contributed by atoms with Gasteiger partial charge >= 0.3 is 0 Å². The molecule has 10 aromatic rings. The minimum absolute atomic E-state index is 1.11. The molecule has 0 aliphatic heterocycles. The van der Waals surface area contributed by atoms with Gasteiger partial charge in [0.25, 0.3) is 0 Å². The molecule has 0 saturated heterocycles. The van der Waals surface area contributed by atoms with Gasteiger partial charge in [0.15, 0.2) is 0 Å². The maximum Gasteiger partial charge on any atom is 0.0541 e. The van der Waals surface area contributed by atoms with E-state index in [1.807, 2.05) is 0 Å². The zero-order chi connectivity index (χ0) is 37.3. The van der Waals surface area contributed by atoms with Crippen LogP contribution < -0.4 is 4.90 Å². The summed E-state index contributed by atoms with van der Waals surface area (Å²) in [5.74, 6) is 0. The molecule has 56 heavy (non-hydrogen) atoms. The molecule has 2 heteroatoms. The first kappa shape index (κ1) is 33.2. The second-order valence-corrected chi connectivity index (χ2v) is 14.2. The molecule has 0 bridgehead atoms. The van der Waals surface area contributed by atoms with Gasteiger partial charge < -0.3 is 9.47 Å². The zero-order valence-corrected chi connectivity index (χ0v) is 30.8. The van der Waals surface area contributed by atoms with E-state index in [2.05, 4.69) is 240 Å². The van der Waals surface area contributed by atoms with Crippen molar-refractivity contribution < 1.29 is 0 Å². The lowest BCUT2D eigenvalue weighted by Crippen LogP contribution is -2.09. The van der Waals surface area contributed by atoms with Crippen LogP contribution in [0.5, 0.6) is 0 Å². The average Bonchev–Trinajstić information content (AvgIpc) is 3.62. The van der Waals surface area contributed by atoms with E-state index in [4.69, 9.17) is 0 Å². The van der Waals surface area contributed by atoms with Crippen LogP contribution >= 0.6 is 0 Å². The normalized spacial score (nSPS) is 11.2. The summed E-state index contributed by atoms with van der Waals surface area (Å²) < 4.78 is 2.43. The number of nitrogens with zero attached hydrogens (tertiary/aromatic N) is 2. The molecule has 0 fully saturated rings. The third-order valence-corrected chi connectivity index (χ3v) is 10.7. The van der Waals surface area contributed by atoms with Crippen molar-refractivity contribution in [1.82, 2.24) is 4.57 Å². The summed E-state index contributed by atoms with van der Waals surface area (Å²) in [6.45, 7) is 0. The predicted molar refractivity (Wildman–Crippen MR) is 237 cm³/mol. The summed E-state index contributed by atoms with van der Waals surface area (Å²) in [6, 6.07) is 83.0. The van der Waals surface area contributed by atoms with E-state index in [1.165, 1.54) is 66.3 Å². The number of hydrogen-bond donors (Lipinski definition) is 0. The first-order valence-electron chi connectivity index (χ1n) is 19.2. The SMILES string of the molecule is c1ccc(-c2ccc(N(c3ccccc3)c3cccc(-c4ccc5c(c4)c4ccccc4n5-c4cc(-c5ccccc5)cc(-c5ccccc5)c4)c3)cc2)cc1. The number of para-hydroxylation sites is 2. The van der Waals surface area contributed by atoms with Crippen LogP contribution in [0.15, 0.2) is 231 Å². The second-order valence-electron chi connectivity index (χ2n) is 14.2. The van der Waals surface area contributed by atoms with Crippen LogP contribution in [0.25, 0.3) is 72.0 Å². The smallest absolute Gasteiger partial charge is 0.0541 e. The Labute approximate surface area is 327 Å². The summed E-state index contributed by atoms with van der Waals surface area (Å²) in [4.78, 5) is 2.34. The maximum absolute atomic E-state index is 2.43. The van der Waals surface area contributed by atoms with Gasteiger partial charge in [-0.25, -0.2) is 0 Å². The number of benzene rings is 9. The molecule has 1 aromatic heterocycles. The van der Waals surface area contributed by atoms with E-state index in [1.54, 1.807) is 0 Å². The Hall–Kier alpha value is -7.42. The molecule has 0 amide bonds. The summed E-state index contributed by atoms with van der Waals surface area (Å²) in [6.07, 6.45) is 0. The molecule has 264 valence electrons. The largest absolute Gasteiger partial charge is 0.310 e. The van der Waals surface area contributed by atoms with Crippen LogP contribution in [-0.4, -0.2) is 4.57 Å². The highest BCUT2D eigenvalue weighted by Crippen LogP contribution is 2.40. The van der Waals surface area contributed by atoms with Gasteiger partial charge in [-0.3, -0.25) is 0 Å². The van der Waals surface area contributed by atoms with Crippen LogP contribution in [0, 0.1) is 0 Å². The monoisotopic (exact) mass is 714 g/mol. The minimum Gasteiger partial charge on any atom is -0.310 e. The Bertz CT molecular complexity index is 2870. The summed E-state index contributed by atoms with van der Waals surface area (Å²) >= 11 is 0. The highest BCUT2D eigenvalue weighted by Gasteiger charge is 2.17. The number of anilines is 3. The molecular weight excluding hydrogens is 677 g/mol. The van der Waals surface area contributed by atoms with Crippen LogP contribution in [0.3, 0.4) is 0 Å². The van der Waals surface area contributed by atoms with Gasteiger partial charge in [0.05, 0.1) is 11.0 Å². The molecule has 0 radical (unpaired) electrons. The summed E-state index contributed by atoms with van der Waals surface area (Å²) in [5, 5.41) is 2.46. The third kappa shape index (κ3) is 6.24. The van der Waals surface area contributed by atoms with Gasteiger partial charge in [-0.15, -0.1) is 0 Å². The lowest BCUT2D eigenvalue weighted by molar-refractivity contribution is 1.18. The fraction of sp³-hybridized carbons (Fsp3) is 0. The first-order chi connectivity index (χ1) is 27.8. The molecule has 0 atom stereocenters. The Kier molecular flexibility index (Phi) is 8.55. The summed E-state index contributed by atoms with van der Waals surface area (Å²) in [5.41, 5.74) is 16.4. The van der Waals surface area contributed by atoms with Crippen molar-refractivity contribution in [3.63, 3.8) is 0 Å². The molecule has 0 aliphatic carbocycles. The van der Waals surface area contributed by atoms with Crippen molar-refractivity contribution in [2.75, 3.05) is 4.90 Å². The van der Waals surface area contributed by atoms with Crippen molar-refractivity contribution in [2.45, 2.75) is 0 Å². The van der Waals surface area contributed by atoms with Gasteiger partial charge in [-0.05, 0) is 117 Å². The zero-order valence-electron chi connectivity index (χ0n) is 30.8. The lowest BCUT2D eigenvalue weighted by Gasteiger charge is -2.26. The van der Waals surface area contributed by atoms with Crippen molar-refractivity contribution in [3.8, 4) is 50.2 Å². The van der Waals surface area contributed by atoms with Crippen molar-refractivity contribution >= 4 is 38.9 Å². The highest BCUT2D eigenvalue weighted by atomic mass is 15.1. The number of rotatable bonds is 8. The average molecular weight is 715 g/mol. The fourth-order valence-electron chi connectivity index (χ4n) is 8.05. The molecule has 2 nitrogen and oxygen atoms in total. The van der Waals surface area contributed by atoms with Gasteiger partial charge in [0.1, 0.15) is 0 Å². The maximum atomic E-state index is 2.43. The lowest BCUT2D eigenvalue weighted by atomic mass is 9.98. The Morgan fingerprint density at radius 1 is 0.250 bits per heavy atom. The van der Waals surface area contributed by atoms with E-state index in [0.717, 1.165) is 22.7 Å². The number of aromatic nitrogens is 1. The third-order valence-electron chi connectivity index (χ3n) is 10.7. The van der Waals surface area contributed by atoms with Gasteiger partial charge in [0, 0.05) is 33.5 Å². The standard InChI is InChI=1S/C54H38N2/c1-5-16-39(17-6-1)42-28-31-48(32-29-42)55(47-23-11-4-12-24-47)49-25-15-22-43(35-49)44-30-33-54-52(38-44)51-26-13-14-27-53(51)56(54)50-36-45(40-18-7-2-8-19-40)34-46(37-50)41-20-9-3-10-21-41/h1-38H. The summed E-state index contributed by atoms with van der Waals surface area (Å²) in [7, 11) is 0. The van der Waals surface area contributed by atoms with Crippen molar-refractivity contribution in [1.29, 1.82) is 0 Å². The first-order valence-corrected chi connectivity index (χ1v) is 19.2. The van der Waals surface area contributed by atoms with Crippen LogP contribution in [-0.2, 0) is 0 Å². The fourth-order valence-corrected chi connectivity index (χ4v) is 8.05. The van der Waals surface area contributed by atoms with E-state index in [0.29, 0.717) is 0 Å². The molecule has 10 rings (SSSR count). The van der Waals surface area contributed by atoms with Gasteiger partial charge in [0.2, 0.25) is 0 Å². The van der Waals surface area contributed by atoms with E-state index >= 15 is 0 Å². The molecule has 1 heterocycles. The van der Waals surface area contributed by atoms with Gasteiger partial charge in [-0.1, -0.05) is 158 Å². The van der Waals surface area contributed by atoms with Crippen molar-refractivity contribution in [2.24, 2.45) is 0 Å². The topological polar surface area (TPSA) is 8.17 Å².